The molecule has 4 heteroatoms. The molecule has 4 nitrogen and oxygen atoms in total. The van der Waals surface area contributed by atoms with Crippen LogP contribution in [0.1, 0.15) is 12.0 Å². The minimum atomic E-state index is -0.954. The normalized spacial score (nSPS) is 8.27. The molecule has 0 saturated heterocycles. The lowest BCUT2D eigenvalue weighted by molar-refractivity contribution is -0.135. The molecule has 0 spiro atoms. The highest BCUT2D eigenvalue weighted by atomic mass is 16.4. The third kappa shape index (κ3) is 3.90. The van der Waals surface area contributed by atoms with E-state index < -0.39 is 5.97 Å². The summed E-state index contributed by atoms with van der Waals surface area (Å²) in [6, 6.07) is 6.53. The highest BCUT2D eigenvalue weighted by Crippen LogP contribution is 2.11. The number of carbonyl (C=O) groups excluding carboxylic acids is 1. The zero-order valence-corrected chi connectivity index (χ0v) is 7.73. The lowest BCUT2D eigenvalue weighted by Crippen LogP contribution is -1.90. The van der Waals surface area contributed by atoms with Crippen LogP contribution < -0.4 is 0 Å². The first kappa shape index (κ1) is 10.7. The number of hydrogen-bond donors (Lipinski definition) is 1. The van der Waals surface area contributed by atoms with E-state index >= 15 is 0 Å². The van der Waals surface area contributed by atoms with Gasteiger partial charge in [0.25, 0.3) is 0 Å². The van der Waals surface area contributed by atoms with Crippen LogP contribution in [0.4, 0.5) is 5.69 Å². The molecular formula is C11H7NO3. The molecule has 0 aliphatic heterocycles. The van der Waals surface area contributed by atoms with Crippen molar-refractivity contribution in [3.05, 3.63) is 29.8 Å². The molecule has 0 radical (unpaired) electrons. The number of hydrogen-bond acceptors (Lipinski definition) is 3. The number of carboxylic acids is 1. The minimum absolute atomic E-state index is 0.186. The van der Waals surface area contributed by atoms with E-state index in [4.69, 9.17) is 5.11 Å². The highest BCUT2D eigenvalue weighted by Gasteiger charge is 1.91. The van der Waals surface area contributed by atoms with Crippen LogP contribution in [-0.4, -0.2) is 17.2 Å². The molecule has 0 atom stereocenters. The molecule has 0 bridgehead atoms. The zero-order valence-electron chi connectivity index (χ0n) is 7.73. The maximum Gasteiger partial charge on any atom is 0.315 e. The molecular weight excluding hydrogens is 194 g/mol. The van der Waals surface area contributed by atoms with Gasteiger partial charge in [0, 0.05) is 5.56 Å². The number of rotatable bonds is 2. The van der Waals surface area contributed by atoms with E-state index in [0.29, 0.717) is 11.3 Å². The Labute approximate surface area is 86.3 Å². The molecule has 0 saturated carbocycles. The number of aliphatic imine (C=N–C) groups is 1. The number of nitrogens with zero attached hydrogens (tertiary/aromatic N) is 1. The summed E-state index contributed by atoms with van der Waals surface area (Å²) in [7, 11) is 0. The molecule has 0 unspecified atom stereocenters. The van der Waals surface area contributed by atoms with Crippen molar-refractivity contribution in [2.45, 2.75) is 6.42 Å². The Morgan fingerprint density at radius 3 is 2.53 bits per heavy atom. The average Bonchev–Trinajstić information content (AvgIpc) is 2.20. The summed E-state index contributed by atoms with van der Waals surface area (Å²) in [5.74, 6) is 4.22. The van der Waals surface area contributed by atoms with Gasteiger partial charge in [-0.3, -0.25) is 4.79 Å². The molecule has 0 aromatic heterocycles. The first-order valence-electron chi connectivity index (χ1n) is 4.11. The van der Waals surface area contributed by atoms with Crippen LogP contribution in [-0.2, 0) is 9.59 Å². The van der Waals surface area contributed by atoms with Crippen LogP contribution in [0.25, 0.3) is 0 Å². The summed E-state index contributed by atoms with van der Waals surface area (Å²) >= 11 is 0. The third-order valence-electron chi connectivity index (χ3n) is 1.51. The first-order chi connectivity index (χ1) is 7.22. The Kier molecular flexibility index (Phi) is 3.84. The molecule has 1 rings (SSSR count). The molecule has 0 heterocycles. The van der Waals surface area contributed by atoms with Crippen LogP contribution in [0, 0.1) is 11.8 Å². The molecule has 0 fully saturated rings. The van der Waals surface area contributed by atoms with Gasteiger partial charge < -0.3 is 5.11 Å². The van der Waals surface area contributed by atoms with Gasteiger partial charge in [0.1, 0.15) is 6.42 Å². The SMILES string of the molecule is O=C=Nc1ccc(C#CCC(=O)O)cc1. The van der Waals surface area contributed by atoms with Crippen molar-refractivity contribution in [2.75, 3.05) is 0 Å². The van der Waals surface area contributed by atoms with Gasteiger partial charge in [0.05, 0.1) is 5.69 Å². The van der Waals surface area contributed by atoms with Gasteiger partial charge in [0.2, 0.25) is 6.08 Å². The Morgan fingerprint density at radius 2 is 2.00 bits per heavy atom. The van der Waals surface area contributed by atoms with Crippen molar-refractivity contribution in [3.63, 3.8) is 0 Å². The summed E-state index contributed by atoms with van der Waals surface area (Å²) < 4.78 is 0. The van der Waals surface area contributed by atoms with E-state index in [9.17, 15) is 9.59 Å². The van der Waals surface area contributed by atoms with Crippen molar-refractivity contribution in [3.8, 4) is 11.8 Å². The molecule has 1 aromatic rings. The van der Waals surface area contributed by atoms with Crippen molar-refractivity contribution >= 4 is 17.7 Å². The smallest absolute Gasteiger partial charge is 0.315 e. The van der Waals surface area contributed by atoms with Crippen molar-refractivity contribution < 1.29 is 14.7 Å². The minimum Gasteiger partial charge on any atom is -0.481 e. The van der Waals surface area contributed by atoms with Crippen LogP contribution in [0.3, 0.4) is 0 Å². The molecule has 74 valence electrons. The van der Waals surface area contributed by atoms with Gasteiger partial charge in [-0.05, 0) is 24.3 Å². The van der Waals surface area contributed by atoms with Crippen LogP contribution in [0.2, 0.25) is 0 Å². The molecule has 1 aromatic carbocycles. The van der Waals surface area contributed by atoms with E-state index in [0.717, 1.165) is 0 Å². The van der Waals surface area contributed by atoms with E-state index in [1.807, 2.05) is 0 Å². The quantitative estimate of drug-likeness (QED) is 0.447. The van der Waals surface area contributed by atoms with E-state index in [-0.39, 0.29) is 6.42 Å². The van der Waals surface area contributed by atoms with Crippen molar-refractivity contribution in [1.29, 1.82) is 0 Å². The van der Waals surface area contributed by atoms with Crippen molar-refractivity contribution in [1.82, 2.24) is 0 Å². The number of carboxylic acid groups (broad SMARTS) is 1. The topological polar surface area (TPSA) is 66.7 Å². The summed E-state index contributed by atoms with van der Waals surface area (Å²) in [6.07, 6.45) is 1.24. The van der Waals surface area contributed by atoms with E-state index in [1.165, 1.54) is 6.08 Å². The fourth-order valence-electron chi connectivity index (χ4n) is 0.894. The first-order valence-corrected chi connectivity index (χ1v) is 4.11. The Hall–Kier alpha value is -2.37. The predicted molar refractivity (Wildman–Crippen MR) is 53.4 cm³/mol. The fraction of sp³-hybridized carbons (Fsp3) is 0.0909. The molecule has 15 heavy (non-hydrogen) atoms. The monoisotopic (exact) mass is 201 g/mol. The second kappa shape index (κ2) is 5.38. The van der Waals surface area contributed by atoms with Crippen LogP contribution in [0.5, 0.6) is 0 Å². The summed E-state index contributed by atoms with van der Waals surface area (Å²) in [4.78, 5) is 23.5. The lowest BCUT2D eigenvalue weighted by atomic mass is 10.2. The number of aliphatic carboxylic acids is 1. The number of carbonyl (C=O) groups is 1. The Balaban J connectivity index is 2.74. The zero-order chi connectivity index (χ0) is 11.1. The lowest BCUT2D eigenvalue weighted by Gasteiger charge is -1.90. The summed E-state index contributed by atoms with van der Waals surface area (Å²) in [5.41, 5.74) is 1.18. The van der Waals surface area contributed by atoms with E-state index in [1.54, 1.807) is 24.3 Å². The van der Waals surface area contributed by atoms with Gasteiger partial charge >= 0.3 is 5.97 Å². The molecule has 1 N–H and O–H groups in total. The van der Waals surface area contributed by atoms with E-state index in [2.05, 4.69) is 16.8 Å². The fourth-order valence-corrected chi connectivity index (χ4v) is 0.894. The molecule has 0 aliphatic rings. The van der Waals surface area contributed by atoms with Gasteiger partial charge in [-0.1, -0.05) is 11.8 Å². The van der Waals surface area contributed by atoms with Crippen LogP contribution in [0.15, 0.2) is 29.3 Å². The van der Waals surface area contributed by atoms with Gasteiger partial charge in [-0.25, -0.2) is 4.79 Å². The Bertz CT molecular complexity index is 459. The van der Waals surface area contributed by atoms with Crippen molar-refractivity contribution in [2.24, 2.45) is 4.99 Å². The van der Waals surface area contributed by atoms with Gasteiger partial charge in [-0.2, -0.15) is 4.99 Å². The second-order valence-corrected chi connectivity index (χ2v) is 2.62. The molecule has 0 aliphatic carbocycles. The predicted octanol–water partition coefficient (Wildman–Crippen LogP) is 1.48. The van der Waals surface area contributed by atoms with Gasteiger partial charge in [-0.15, -0.1) is 0 Å². The average molecular weight is 201 g/mol. The van der Waals surface area contributed by atoms with Gasteiger partial charge in [0.15, 0.2) is 0 Å². The largest absolute Gasteiger partial charge is 0.481 e. The standard InChI is InChI=1S/C11H7NO3/c13-8-12-10-6-4-9(5-7-10)2-1-3-11(14)15/h4-7H,3H2,(H,14,15). The second-order valence-electron chi connectivity index (χ2n) is 2.62. The maximum absolute atomic E-state index is 10.2. The number of isocyanates is 1. The maximum atomic E-state index is 10.2. The number of benzene rings is 1. The third-order valence-corrected chi connectivity index (χ3v) is 1.51. The van der Waals surface area contributed by atoms with Crippen LogP contribution >= 0.6 is 0 Å². The Morgan fingerprint density at radius 1 is 1.33 bits per heavy atom. The molecule has 0 amide bonds. The highest BCUT2D eigenvalue weighted by molar-refractivity contribution is 5.70. The summed E-state index contributed by atoms with van der Waals surface area (Å²) in [5, 5.41) is 8.35. The summed E-state index contributed by atoms with van der Waals surface area (Å²) in [6.45, 7) is 0.